The minimum atomic E-state index is 0.296. The second-order valence-corrected chi connectivity index (χ2v) is 8.12. The Hall–Kier alpha value is -2.59. The molecule has 0 amide bonds. The number of aliphatic imine (C=N–C) groups is 1. The highest BCUT2D eigenvalue weighted by Crippen LogP contribution is 2.36. The van der Waals surface area contributed by atoms with Crippen molar-refractivity contribution in [2.75, 3.05) is 26.2 Å². The molecule has 0 aliphatic carbocycles. The Bertz CT molecular complexity index is 1080. The summed E-state index contributed by atoms with van der Waals surface area (Å²) in [5.74, 6) is 0.296. The zero-order valence-corrected chi connectivity index (χ0v) is 17.8. The Labute approximate surface area is 173 Å². The van der Waals surface area contributed by atoms with Crippen LogP contribution in [0.3, 0.4) is 0 Å². The molecule has 2 heterocycles. The first kappa shape index (κ1) is 19.7. The number of H-pyrrole nitrogens is 1. The molecule has 4 nitrogen and oxygen atoms in total. The molecule has 0 unspecified atom stereocenters. The monoisotopic (exact) mass is 389 g/mol. The molecule has 0 spiro atoms. The summed E-state index contributed by atoms with van der Waals surface area (Å²) >= 11 is 0. The molecule has 3 aromatic rings. The van der Waals surface area contributed by atoms with E-state index >= 15 is 0 Å². The number of rotatable bonds is 5. The molecule has 0 bridgehead atoms. The third-order valence-corrected chi connectivity index (χ3v) is 6.18. The largest absolute Gasteiger partial charge is 0.508 e. The Morgan fingerprint density at radius 1 is 1.10 bits per heavy atom. The maximum absolute atomic E-state index is 10.0. The van der Waals surface area contributed by atoms with E-state index < -0.39 is 0 Å². The van der Waals surface area contributed by atoms with E-state index in [0.29, 0.717) is 5.75 Å². The highest BCUT2D eigenvalue weighted by Gasteiger charge is 2.17. The summed E-state index contributed by atoms with van der Waals surface area (Å²) in [6.45, 7) is 10.7. The second-order valence-electron chi connectivity index (χ2n) is 8.12. The lowest BCUT2D eigenvalue weighted by Gasteiger charge is -2.25. The van der Waals surface area contributed by atoms with Crippen LogP contribution >= 0.6 is 0 Å². The van der Waals surface area contributed by atoms with Gasteiger partial charge in [-0.25, -0.2) is 0 Å². The lowest BCUT2D eigenvalue weighted by molar-refractivity contribution is 0.235. The number of phenolic OH excluding ortho intramolecular Hbond substituents is 1. The van der Waals surface area contributed by atoms with Gasteiger partial charge in [-0.1, -0.05) is 18.6 Å². The molecule has 2 N–H and O–H groups in total. The molecule has 2 aromatic carbocycles. The number of allylic oxidation sites excluding steroid dienone is 1. The van der Waals surface area contributed by atoms with Gasteiger partial charge in [-0.3, -0.25) is 4.99 Å². The topological polar surface area (TPSA) is 51.6 Å². The molecule has 1 fully saturated rings. The molecular weight excluding hydrogens is 358 g/mol. The Morgan fingerprint density at radius 3 is 2.66 bits per heavy atom. The van der Waals surface area contributed by atoms with Gasteiger partial charge in [0.1, 0.15) is 5.75 Å². The van der Waals surface area contributed by atoms with Crippen molar-refractivity contribution in [2.24, 2.45) is 4.99 Å². The molecule has 1 aliphatic heterocycles. The van der Waals surface area contributed by atoms with E-state index in [-0.39, 0.29) is 0 Å². The molecule has 0 saturated carbocycles. The average Bonchev–Trinajstić information content (AvgIpc) is 3.11. The van der Waals surface area contributed by atoms with Crippen LogP contribution in [0.4, 0.5) is 0 Å². The molecule has 1 saturated heterocycles. The van der Waals surface area contributed by atoms with E-state index in [1.165, 1.54) is 60.0 Å². The number of nitrogens with one attached hydrogen (secondary N) is 1. The van der Waals surface area contributed by atoms with Crippen molar-refractivity contribution in [1.82, 2.24) is 9.88 Å². The molecular formula is C25H31N3O. The van der Waals surface area contributed by atoms with Crippen LogP contribution in [0, 0.1) is 13.8 Å². The molecule has 1 aliphatic rings. The lowest BCUT2D eigenvalue weighted by Crippen LogP contribution is -2.31. The lowest BCUT2D eigenvalue weighted by atomic mass is 9.92. The zero-order valence-electron chi connectivity index (χ0n) is 17.8. The summed E-state index contributed by atoms with van der Waals surface area (Å²) in [6.07, 6.45) is 10.3. The number of fused-ring (bicyclic) bond motifs is 3. The average molecular weight is 390 g/mol. The van der Waals surface area contributed by atoms with Crippen molar-refractivity contribution in [1.29, 1.82) is 0 Å². The highest BCUT2D eigenvalue weighted by molar-refractivity contribution is 6.13. The second kappa shape index (κ2) is 8.42. The van der Waals surface area contributed by atoms with E-state index in [1.54, 1.807) is 6.07 Å². The van der Waals surface area contributed by atoms with Crippen molar-refractivity contribution in [3.63, 3.8) is 0 Å². The molecule has 29 heavy (non-hydrogen) atoms. The van der Waals surface area contributed by atoms with Crippen molar-refractivity contribution >= 4 is 34.1 Å². The smallest absolute Gasteiger partial charge is 0.116 e. The van der Waals surface area contributed by atoms with Crippen molar-refractivity contribution in [2.45, 2.75) is 40.0 Å². The quantitative estimate of drug-likeness (QED) is 0.560. The molecule has 0 radical (unpaired) electrons. The predicted molar refractivity (Wildman–Crippen MR) is 124 cm³/mol. The van der Waals surface area contributed by atoms with Crippen LogP contribution in [-0.2, 0) is 0 Å². The summed E-state index contributed by atoms with van der Waals surface area (Å²) in [6, 6.07) is 5.54. The van der Waals surface area contributed by atoms with Gasteiger partial charge >= 0.3 is 0 Å². The van der Waals surface area contributed by atoms with Gasteiger partial charge in [0, 0.05) is 34.6 Å². The normalized spacial score (nSPS) is 16.1. The summed E-state index contributed by atoms with van der Waals surface area (Å²) in [5, 5.41) is 12.3. The van der Waals surface area contributed by atoms with E-state index in [9.17, 15) is 5.11 Å². The number of nitrogens with zero attached hydrogens (tertiary/aromatic N) is 2. The number of aryl methyl sites for hydroxylation is 2. The van der Waals surface area contributed by atoms with Crippen molar-refractivity contribution in [3.05, 3.63) is 46.5 Å². The Kier molecular flexibility index (Phi) is 5.72. The number of aromatic nitrogens is 1. The summed E-state index contributed by atoms with van der Waals surface area (Å²) in [5.41, 5.74) is 7.01. The van der Waals surface area contributed by atoms with Gasteiger partial charge in [-0.2, -0.15) is 0 Å². The molecule has 1 aromatic heterocycles. The van der Waals surface area contributed by atoms with Gasteiger partial charge in [0.2, 0.25) is 0 Å². The first-order valence-corrected chi connectivity index (χ1v) is 10.7. The predicted octanol–water partition coefficient (Wildman–Crippen LogP) is 5.58. The van der Waals surface area contributed by atoms with E-state index in [1.807, 2.05) is 12.1 Å². The summed E-state index contributed by atoms with van der Waals surface area (Å²) in [4.78, 5) is 10.9. The van der Waals surface area contributed by atoms with Gasteiger partial charge in [-0.05, 0) is 81.6 Å². The fourth-order valence-corrected chi connectivity index (χ4v) is 4.61. The number of piperidine rings is 1. The molecule has 152 valence electrons. The van der Waals surface area contributed by atoms with E-state index in [4.69, 9.17) is 4.99 Å². The SMILES string of the molecule is C/C=C\c1c(C=NCCN2CCCCC2)c(C)c2c([nH]c3ccc(O)cc32)c1C. The molecule has 4 rings (SSSR count). The van der Waals surface area contributed by atoms with E-state index in [0.717, 1.165) is 29.5 Å². The van der Waals surface area contributed by atoms with Crippen LogP contribution < -0.4 is 0 Å². The maximum Gasteiger partial charge on any atom is 0.116 e. The van der Waals surface area contributed by atoms with Crippen LogP contribution in [-0.4, -0.2) is 47.4 Å². The first-order chi connectivity index (χ1) is 14.1. The number of hydrogen-bond acceptors (Lipinski definition) is 3. The third-order valence-electron chi connectivity index (χ3n) is 6.18. The standard InChI is InChI=1S/C25H31N3O/c1-4-8-20-18(3)25-24(21-15-19(29)9-10-23(21)27-25)17(2)22(20)16-26-11-14-28-12-6-5-7-13-28/h4,8-10,15-16,27,29H,5-7,11-14H2,1-3H3/b8-4-,26-16?. The summed E-state index contributed by atoms with van der Waals surface area (Å²) < 4.78 is 0. The third kappa shape index (κ3) is 3.82. The van der Waals surface area contributed by atoms with Crippen molar-refractivity contribution < 1.29 is 5.11 Å². The number of hydrogen-bond donors (Lipinski definition) is 2. The minimum absolute atomic E-state index is 0.296. The fraction of sp³-hybridized carbons (Fsp3) is 0.400. The van der Waals surface area contributed by atoms with Crippen LogP contribution in [0.1, 0.15) is 48.4 Å². The van der Waals surface area contributed by atoms with Crippen LogP contribution in [0.15, 0.2) is 29.3 Å². The minimum Gasteiger partial charge on any atom is -0.508 e. The number of aromatic hydroxyl groups is 1. The van der Waals surface area contributed by atoms with Crippen LogP contribution in [0.5, 0.6) is 5.75 Å². The molecule has 0 atom stereocenters. The van der Waals surface area contributed by atoms with Gasteiger partial charge in [0.05, 0.1) is 12.1 Å². The first-order valence-electron chi connectivity index (χ1n) is 10.7. The number of phenols is 1. The highest BCUT2D eigenvalue weighted by atomic mass is 16.3. The van der Waals surface area contributed by atoms with E-state index in [2.05, 4.69) is 49.0 Å². The van der Waals surface area contributed by atoms with Gasteiger partial charge in [0.25, 0.3) is 0 Å². The van der Waals surface area contributed by atoms with Crippen LogP contribution in [0.25, 0.3) is 27.9 Å². The maximum atomic E-state index is 10.0. The van der Waals surface area contributed by atoms with Gasteiger partial charge in [-0.15, -0.1) is 0 Å². The fourth-order valence-electron chi connectivity index (χ4n) is 4.61. The van der Waals surface area contributed by atoms with Gasteiger partial charge < -0.3 is 15.0 Å². The van der Waals surface area contributed by atoms with Crippen molar-refractivity contribution in [3.8, 4) is 5.75 Å². The summed E-state index contributed by atoms with van der Waals surface area (Å²) in [7, 11) is 0. The van der Waals surface area contributed by atoms with Gasteiger partial charge in [0.15, 0.2) is 0 Å². The number of likely N-dealkylation sites (tertiary alicyclic amines) is 1. The van der Waals surface area contributed by atoms with Crippen LogP contribution in [0.2, 0.25) is 0 Å². The zero-order chi connectivity index (χ0) is 20.4. The number of aromatic amines is 1. The Balaban J connectivity index is 1.75. The Morgan fingerprint density at radius 2 is 1.90 bits per heavy atom. The number of benzene rings is 2. The molecule has 4 heteroatoms.